The molecule has 0 saturated heterocycles. The van der Waals surface area contributed by atoms with Crippen LogP contribution in [-0.2, 0) is 10.5 Å². The molecule has 0 spiro atoms. The lowest BCUT2D eigenvalue weighted by atomic mass is 9.93. The summed E-state index contributed by atoms with van der Waals surface area (Å²) in [5, 5.41) is 12.5. The number of amides is 1. The summed E-state index contributed by atoms with van der Waals surface area (Å²) in [4.78, 5) is 11.3. The van der Waals surface area contributed by atoms with E-state index in [2.05, 4.69) is 21.2 Å². The number of ether oxygens (including phenoxy) is 1. The van der Waals surface area contributed by atoms with Crippen molar-refractivity contribution >= 4 is 40.1 Å². The summed E-state index contributed by atoms with van der Waals surface area (Å²) in [7, 11) is 0. The van der Waals surface area contributed by atoms with Gasteiger partial charge in [0.25, 0.3) is 0 Å². The van der Waals surface area contributed by atoms with Gasteiger partial charge in [-0.3, -0.25) is 11.1 Å². The van der Waals surface area contributed by atoms with E-state index in [0.29, 0.717) is 0 Å². The highest BCUT2D eigenvalue weighted by molar-refractivity contribution is 9.10. The zero-order chi connectivity index (χ0) is 16.2. The van der Waals surface area contributed by atoms with Crippen molar-refractivity contribution in [2.45, 2.75) is 32.9 Å². The van der Waals surface area contributed by atoms with Crippen LogP contribution in [-0.4, -0.2) is 17.8 Å². The first kappa shape index (κ1) is 21.1. The van der Waals surface area contributed by atoms with E-state index in [1.165, 1.54) is 6.07 Å². The molecular formula is C14H21BrClFN2O3. The van der Waals surface area contributed by atoms with Crippen LogP contribution in [0.4, 0.5) is 14.9 Å². The molecule has 0 aliphatic carbocycles. The molecule has 0 fully saturated rings. The van der Waals surface area contributed by atoms with Crippen molar-refractivity contribution in [2.24, 2.45) is 11.7 Å². The maximum Gasteiger partial charge on any atom is 0.411 e. The number of hydrogen-bond acceptors (Lipinski definition) is 4. The second-order valence-corrected chi connectivity index (χ2v) is 6.04. The average molecular weight is 400 g/mol. The van der Waals surface area contributed by atoms with Crippen molar-refractivity contribution in [1.82, 2.24) is 0 Å². The molecule has 0 radical (unpaired) electrons. The number of anilines is 1. The number of carbonyl (C=O) groups excluding carboxylic acids is 1. The van der Waals surface area contributed by atoms with E-state index in [-0.39, 0.29) is 47.1 Å². The number of halogens is 3. The number of nitrogens with two attached hydrogens (primary N) is 1. The fraction of sp³-hybridized carbons (Fsp3) is 0.500. The molecule has 0 aromatic heterocycles. The number of hydrogen-bond donors (Lipinski definition) is 3. The predicted molar refractivity (Wildman–Crippen MR) is 89.5 cm³/mol. The Balaban J connectivity index is 0.00000441. The van der Waals surface area contributed by atoms with Crippen molar-refractivity contribution in [3.8, 4) is 0 Å². The van der Waals surface area contributed by atoms with Crippen LogP contribution in [0.1, 0.15) is 32.8 Å². The van der Waals surface area contributed by atoms with E-state index in [0.717, 1.165) is 6.07 Å². The lowest BCUT2D eigenvalue weighted by Gasteiger charge is -2.26. The summed E-state index contributed by atoms with van der Waals surface area (Å²) in [6.07, 6.45) is -0.473. The van der Waals surface area contributed by atoms with Gasteiger partial charge in [0.2, 0.25) is 0 Å². The van der Waals surface area contributed by atoms with E-state index < -0.39 is 17.6 Å². The van der Waals surface area contributed by atoms with Gasteiger partial charge < -0.3 is 9.84 Å². The molecule has 126 valence electrons. The van der Waals surface area contributed by atoms with Crippen LogP contribution in [0.2, 0.25) is 0 Å². The molecule has 0 aliphatic heterocycles. The van der Waals surface area contributed by atoms with Crippen LogP contribution in [0.15, 0.2) is 16.6 Å². The minimum Gasteiger partial charge on any atom is -0.450 e. The highest BCUT2D eigenvalue weighted by Crippen LogP contribution is 2.32. The minimum atomic E-state index is -1.64. The third kappa shape index (κ3) is 5.72. The summed E-state index contributed by atoms with van der Waals surface area (Å²) >= 11 is 3.16. The van der Waals surface area contributed by atoms with E-state index in [1.807, 2.05) is 13.8 Å². The van der Waals surface area contributed by atoms with Crippen LogP contribution in [0.3, 0.4) is 0 Å². The van der Waals surface area contributed by atoms with Crippen LogP contribution in [0.25, 0.3) is 0 Å². The summed E-state index contributed by atoms with van der Waals surface area (Å²) in [6, 6.07) is 2.59. The zero-order valence-corrected chi connectivity index (χ0v) is 15.1. The first-order valence-corrected chi connectivity index (χ1v) is 7.41. The van der Waals surface area contributed by atoms with Crippen LogP contribution in [0.5, 0.6) is 0 Å². The lowest BCUT2D eigenvalue weighted by molar-refractivity contribution is 0.0215. The summed E-state index contributed by atoms with van der Waals surface area (Å²) in [5.74, 6) is -0.570. The summed E-state index contributed by atoms with van der Waals surface area (Å²) in [6.45, 7) is 5.63. The molecule has 1 aromatic carbocycles. The Hall–Kier alpha value is -0.890. The molecule has 1 unspecified atom stereocenters. The first-order chi connectivity index (χ1) is 9.67. The maximum atomic E-state index is 14.1. The smallest absolute Gasteiger partial charge is 0.411 e. The standard InChI is InChI=1S/C14H20BrFN2O3.ClH/c1-4-21-13(19)18-12-10(15)5-9(6-11(12)16)14(17,20)7-8(2)3;/h5-6,8,20H,4,7,17H2,1-3H3,(H,18,19);1H. The van der Waals surface area contributed by atoms with Gasteiger partial charge in [0, 0.05) is 10.0 Å². The van der Waals surface area contributed by atoms with Crippen molar-refractivity contribution in [1.29, 1.82) is 0 Å². The quantitative estimate of drug-likeness (QED) is 0.659. The fourth-order valence-corrected chi connectivity index (χ4v) is 2.49. The number of nitrogens with one attached hydrogen (secondary N) is 1. The molecule has 1 atom stereocenters. The van der Waals surface area contributed by atoms with Gasteiger partial charge in [-0.1, -0.05) is 13.8 Å². The average Bonchev–Trinajstić information content (AvgIpc) is 2.32. The Morgan fingerprint density at radius 2 is 2.14 bits per heavy atom. The molecule has 0 aliphatic rings. The second-order valence-electron chi connectivity index (χ2n) is 5.18. The minimum absolute atomic E-state index is 0. The van der Waals surface area contributed by atoms with Gasteiger partial charge in [-0.05, 0) is 47.3 Å². The molecule has 5 nitrogen and oxygen atoms in total. The third-order valence-corrected chi connectivity index (χ3v) is 3.39. The molecule has 1 amide bonds. The van der Waals surface area contributed by atoms with Crippen LogP contribution < -0.4 is 11.1 Å². The van der Waals surface area contributed by atoms with E-state index in [1.54, 1.807) is 6.92 Å². The highest BCUT2D eigenvalue weighted by atomic mass is 79.9. The molecule has 22 heavy (non-hydrogen) atoms. The number of carbonyl (C=O) groups is 1. The van der Waals surface area contributed by atoms with E-state index in [9.17, 15) is 14.3 Å². The molecule has 4 N–H and O–H groups in total. The highest BCUT2D eigenvalue weighted by Gasteiger charge is 2.27. The molecule has 1 rings (SSSR count). The maximum absolute atomic E-state index is 14.1. The van der Waals surface area contributed by atoms with Gasteiger partial charge in [-0.25, -0.2) is 9.18 Å². The molecule has 0 bridgehead atoms. The van der Waals surface area contributed by atoms with Gasteiger partial charge >= 0.3 is 6.09 Å². The van der Waals surface area contributed by atoms with Crippen molar-refractivity contribution in [3.05, 3.63) is 28.0 Å². The number of benzene rings is 1. The van der Waals surface area contributed by atoms with Crippen LogP contribution in [0, 0.1) is 11.7 Å². The SMILES string of the molecule is CCOC(=O)Nc1c(F)cc(C(N)(O)CC(C)C)cc1Br.Cl. The van der Waals surface area contributed by atoms with E-state index in [4.69, 9.17) is 10.5 Å². The monoisotopic (exact) mass is 398 g/mol. The fourth-order valence-electron chi connectivity index (χ4n) is 1.95. The zero-order valence-electron chi connectivity index (χ0n) is 12.7. The molecule has 0 heterocycles. The van der Waals surface area contributed by atoms with Gasteiger partial charge in [0.1, 0.15) is 11.5 Å². The Kier molecular flexibility index (Phi) is 8.32. The van der Waals surface area contributed by atoms with Gasteiger partial charge in [0.05, 0.1) is 12.3 Å². The Bertz CT molecular complexity index is 504. The largest absolute Gasteiger partial charge is 0.450 e. The molecular weight excluding hydrogens is 379 g/mol. The molecule has 8 heteroatoms. The van der Waals surface area contributed by atoms with Gasteiger partial charge in [-0.2, -0.15) is 0 Å². The van der Waals surface area contributed by atoms with Crippen molar-refractivity contribution in [3.63, 3.8) is 0 Å². The summed E-state index contributed by atoms with van der Waals surface area (Å²) < 4.78 is 19.1. The Morgan fingerprint density at radius 1 is 1.55 bits per heavy atom. The third-order valence-electron chi connectivity index (χ3n) is 2.76. The van der Waals surface area contributed by atoms with E-state index >= 15 is 0 Å². The summed E-state index contributed by atoms with van der Waals surface area (Å²) in [5.41, 5.74) is 4.37. The molecule has 0 saturated carbocycles. The van der Waals surface area contributed by atoms with Gasteiger partial charge in [0.15, 0.2) is 0 Å². The lowest BCUT2D eigenvalue weighted by Crippen LogP contribution is -2.38. The van der Waals surface area contributed by atoms with Crippen LogP contribution >= 0.6 is 28.3 Å². The first-order valence-electron chi connectivity index (χ1n) is 6.62. The second kappa shape index (κ2) is 8.67. The van der Waals surface area contributed by atoms with Gasteiger partial charge in [-0.15, -0.1) is 12.4 Å². The topological polar surface area (TPSA) is 84.6 Å². The Labute approximate surface area is 143 Å². The molecule has 1 aromatic rings. The predicted octanol–water partition coefficient (Wildman–Crippen LogP) is 3.73. The van der Waals surface area contributed by atoms with Crippen molar-refractivity contribution in [2.75, 3.05) is 11.9 Å². The number of rotatable bonds is 5. The van der Waals surface area contributed by atoms with Crippen molar-refractivity contribution < 1.29 is 19.0 Å². The Morgan fingerprint density at radius 3 is 2.59 bits per heavy atom. The number of aliphatic hydroxyl groups is 1. The normalized spacial score (nSPS) is 13.3.